The van der Waals surface area contributed by atoms with Crippen LogP contribution < -0.4 is 0 Å². The average molecular weight is 411 g/mol. The fourth-order valence-electron chi connectivity index (χ4n) is 5.15. The van der Waals surface area contributed by atoms with Crippen LogP contribution in [-0.2, 0) is 25.7 Å². The lowest BCUT2D eigenvalue weighted by molar-refractivity contribution is 0.607. The van der Waals surface area contributed by atoms with Gasteiger partial charge in [-0.3, -0.25) is 0 Å². The van der Waals surface area contributed by atoms with Crippen LogP contribution in [0.4, 0.5) is 0 Å². The van der Waals surface area contributed by atoms with Gasteiger partial charge >= 0.3 is 0 Å². The smallest absolute Gasteiger partial charge is 0.00229 e. The van der Waals surface area contributed by atoms with Gasteiger partial charge in [0.05, 0.1) is 0 Å². The Kier molecular flexibility index (Phi) is 7.99. The van der Waals surface area contributed by atoms with Crippen LogP contribution in [0.25, 0.3) is 11.1 Å². The number of unbranched alkanes of at least 4 members (excludes halogenated alkanes) is 5. The Morgan fingerprint density at radius 1 is 0.613 bits per heavy atom. The SMILES string of the molecule is CCCCCCCCc1ccc(-c2ccc(Cc3ccccc3)c3c2CCCC3)cc1. The summed E-state index contributed by atoms with van der Waals surface area (Å²) >= 11 is 0. The largest absolute Gasteiger partial charge is 0.0654 e. The van der Waals surface area contributed by atoms with E-state index in [1.165, 1.54) is 98.4 Å². The Labute approximate surface area is 189 Å². The molecule has 0 saturated carbocycles. The predicted molar refractivity (Wildman–Crippen MR) is 135 cm³/mol. The van der Waals surface area contributed by atoms with Crippen molar-refractivity contribution in [1.29, 1.82) is 0 Å². The van der Waals surface area contributed by atoms with E-state index in [4.69, 9.17) is 0 Å². The highest BCUT2D eigenvalue weighted by atomic mass is 14.2. The summed E-state index contributed by atoms with van der Waals surface area (Å²) in [5.74, 6) is 0. The molecule has 3 aromatic rings. The Morgan fingerprint density at radius 2 is 1.32 bits per heavy atom. The van der Waals surface area contributed by atoms with E-state index in [2.05, 4.69) is 73.7 Å². The van der Waals surface area contributed by atoms with Gasteiger partial charge in [-0.1, -0.05) is 106 Å². The summed E-state index contributed by atoms with van der Waals surface area (Å²) in [4.78, 5) is 0. The summed E-state index contributed by atoms with van der Waals surface area (Å²) < 4.78 is 0. The molecule has 0 unspecified atom stereocenters. The molecule has 0 heterocycles. The molecule has 0 amide bonds. The second-order valence-electron chi connectivity index (χ2n) is 9.31. The molecule has 0 atom stereocenters. The minimum absolute atomic E-state index is 1.06. The van der Waals surface area contributed by atoms with Crippen LogP contribution in [0.5, 0.6) is 0 Å². The van der Waals surface area contributed by atoms with Crippen molar-refractivity contribution in [2.45, 2.75) is 84.0 Å². The molecule has 0 nitrogen and oxygen atoms in total. The quantitative estimate of drug-likeness (QED) is 0.293. The van der Waals surface area contributed by atoms with Crippen molar-refractivity contribution >= 4 is 0 Å². The third-order valence-corrected chi connectivity index (χ3v) is 6.95. The zero-order valence-electron chi connectivity index (χ0n) is 19.3. The number of fused-ring (bicyclic) bond motifs is 1. The van der Waals surface area contributed by atoms with E-state index in [0.717, 1.165) is 6.42 Å². The second kappa shape index (κ2) is 11.3. The molecule has 1 aliphatic rings. The summed E-state index contributed by atoms with van der Waals surface area (Å²) in [6.45, 7) is 2.29. The maximum atomic E-state index is 2.40. The molecule has 0 N–H and O–H groups in total. The second-order valence-corrected chi connectivity index (χ2v) is 9.31. The van der Waals surface area contributed by atoms with Gasteiger partial charge in [0.2, 0.25) is 0 Å². The summed E-state index contributed by atoms with van der Waals surface area (Å²) in [7, 11) is 0. The van der Waals surface area contributed by atoms with Crippen molar-refractivity contribution in [2.24, 2.45) is 0 Å². The number of benzene rings is 3. The van der Waals surface area contributed by atoms with Crippen molar-refractivity contribution in [3.8, 4) is 11.1 Å². The van der Waals surface area contributed by atoms with E-state index in [1.807, 2.05) is 0 Å². The van der Waals surface area contributed by atoms with E-state index in [1.54, 1.807) is 11.1 Å². The normalized spacial score (nSPS) is 13.2. The molecule has 0 aromatic heterocycles. The number of hydrogen-bond acceptors (Lipinski definition) is 0. The van der Waals surface area contributed by atoms with Gasteiger partial charge in [-0.2, -0.15) is 0 Å². The number of rotatable bonds is 10. The van der Waals surface area contributed by atoms with Crippen molar-refractivity contribution in [3.05, 3.63) is 94.5 Å². The first kappa shape index (κ1) is 21.9. The summed E-state index contributed by atoms with van der Waals surface area (Å²) in [5.41, 5.74) is 10.6. The molecule has 0 radical (unpaired) electrons. The molecule has 0 aliphatic heterocycles. The minimum Gasteiger partial charge on any atom is -0.0654 e. The lowest BCUT2D eigenvalue weighted by Gasteiger charge is -2.23. The van der Waals surface area contributed by atoms with Crippen LogP contribution >= 0.6 is 0 Å². The highest BCUT2D eigenvalue weighted by Crippen LogP contribution is 2.35. The molecule has 0 saturated heterocycles. The van der Waals surface area contributed by atoms with Crippen LogP contribution in [0, 0.1) is 0 Å². The summed E-state index contributed by atoms with van der Waals surface area (Å²) in [5, 5.41) is 0. The van der Waals surface area contributed by atoms with Gasteiger partial charge in [0, 0.05) is 0 Å². The van der Waals surface area contributed by atoms with Crippen LogP contribution in [-0.4, -0.2) is 0 Å². The van der Waals surface area contributed by atoms with Crippen molar-refractivity contribution < 1.29 is 0 Å². The van der Waals surface area contributed by atoms with Crippen LogP contribution in [0.3, 0.4) is 0 Å². The Balaban J connectivity index is 1.46. The maximum absolute atomic E-state index is 2.40. The third kappa shape index (κ3) is 5.88. The van der Waals surface area contributed by atoms with E-state index in [0.29, 0.717) is 0 Å². The van der Waals surface area contributed by atoms with Gasteiger partial charge in [-0.15, -0.1) is 0 Å². The number of hydrogen-bond donors (Lipinski definition) is 0. The van der Waals surface area contributed by atoms with Crippen molar-refractivity contribution in [2.75, 3.05) is 0 Å². The maximum Gasteiger partial charge on any atom is -0.00229 e. The van der Waals surface area contributed by atoms with Gasteiger partial charge < -0.3 is 0 Å². The molecule has 0 heteroatoms. The van der Waals surface area contributed by atoms with Gasteiger partial charge in [0.25, 0.3) is 0 Å². The fourth-order valence-corrected chi connectivity index (χ4v) is 5.15. The molecule has 0 bridgehead atoms. The van der Waals surface area contributed by atoms with E-state index < -0.39 is 0 Å². The minimum atomic E-state index is 1.06. The monoisotopic (exact) mass is 410 g/mol. The fraction of sp³-hybridized carbons (Fsp3) is 0.419. The topological polar surface area (TPSA) is 0 Å². The third-order valence-electron chi connectivity index (χ3n) is 6.95. The first-order valence-electron chi connectivity index (χ1n) is 12.6. The van der Waals surface area contributed by atoms with E-state index >= 15 is 0 Å². The molecule has 1 aliphatic carbocycles. The lowest BCUT2D eigenvalue weighted by atomic mass is 9.81. The predicted octanol–water partition coefficient (Wildman–Crippen LogP) is 8.73. The zero-order valence-corrected chi connectivity index (χ0v) is 19.3. The van der Waals surface area contributed by atoms with Gasteiger partial charge in [0.15, 0.2) is 0 Å². The van der Waals surface area contributed by atoms with Crippen LogP contribution in [0.2, 0.25) is 0 Å². The van der Waals surface area contributed by atoms with Crippen LogP contribution in [0.15, 0.2) is 66.7 Å². The van der Waals surface area contributed by atoms with E-state index in [9.17, 15) is 0 Å². The van der Waals surface area contributed by atoms with Crippen molar-refractivity contribution in [1.82, 2.24) is 0 Å². The summed E-state index contributed by atoms with van der Waals surface area (Å²) in [6, 6.07) is 25.2. The van der Waals surface area contributed by atoms with E-state index in [-0.39, 0.29) is 0 Å². The highest BCUT2D eigenvalue weighted by molar-refractivity contribution is 5.70. The van der Waals surface area contributed by atoms with Gasteiger partial charge in [-0.25, -0.2) is 0 Å². The Morgan fingerprint density at radius 3 is 2.10 bits per heavy atom. The Hall–Kier alpha value is -2.34. The molecule has 162 valence electrons. The molecule has 0 spiro atoms. The van der Waals surface area contributed by atoms with Gasteiger partial charge in [-0.05, 0) is 83.9 Å². The molecular formula is C31H38. The molecule has 0 fully saturated rings. The molecule has 3 aromatic carbocycles. The zero-order chi connectivity index (χ0) is 21.3. The standard InChI is InChI=1S/C31H38/c1-2-3-4-5-6-8-13-25-18-20-27(21-19-25)30-23-22-28(24-26-14-9-7-10-15-26)29-16-11-12-17-31(29)30/h7,9-10,14-15,18-23H,2-6,8,11-13,16-17,24H2,1H3. The average Bonchev–Trinajstić information content (AvgIpc) is 2.83. The molecular weight excluding hydrogens is 372 g/mol. The first-order chi connectivity index (χ1) is 15.3. The van der Waals surface area contributed by atoms with Crippen LogP contribution in [0.1, 0.15) is 86.1 Å². The summed E-state index contributed by atoms with van der Waals surface area (Å²) in [6.07, 6.45) is 15.6. The Bertz CT molecular complexity index is 934. The lowest BCUT2D eigenvalue weighted by Crippen LogP contribution is -2.09. The van der Waals surface area contributed by atoms with Crippen molar-refractivity contribution in [3.63, 3.8) is 0 Å². The molecule has 4 rings (SSSR count). The molecule has 31 heavy (non-hydrogen) atoms. The first-order valence-corrected chi connectivity index (χ1v) is 12.6. The van der Waals surface area contributed by atoms with Gasteiger partial charge in [0.1, 0.15) is 0 Å². The number of aryl methyl sites for hydroxylation is 1. The highest BCUT2D eigenvalue weighted by Gasteiger charge is 2.18.